The molecule has 0 atom stereocenters. The SMILES string of the molecule is CC(C)c1ccc(C(c2ccc(-n3c(=O)c4cc5c(=O)n(I(C)C)c(=O)c5cc4c3=O)cc2)(C(F)(F)F)C(F)(F)F)cc1. The zero-order valence-electron chi connectivity index (χ0n) is 23.0. The Morgan fingerprint density at radius 3 is 1.33 bits per heavy atom. The predicted molar refractivity (Wildman–Crippen MR) is 161 cm³/mol. The first kappa shape index (κ1) is 30.7. The molecule has 2 heterocycles. The maximum atomic E-state index is 14.6. The molecule has 5 rings (SSSR count). The van der Waals surface area contributed by atoms with Gasteiger partial charge in [-0.1, -0.05) is 38.1 Å². The van der Waals surface area contributed by atoms with E-state index in [0.29, 0.717) is 22.3 Å². The summed E-state index contributed by atoms with van der Waals surface area (Å²) < 4.78 is 89.1. The smallest absolute Gasteiger partial charge is 0.169 e. The molecule has 0 aliphatic rings. The summed E-state index contributed by atoms with van der Waals surface area (Å²) >= 11 is -2.10. The molecule has 0 saturated heterocycles. The summed E-state index contributed by atoms with van der Waals surface area (Å²) in [6, 6.07) is 9.18. The second-order valence-electron chi connectivity index (χ2n) is 10.6. The number of aromatic nitrogens is 2. The average Bonchev–Trinajstić information content (AvgIpc) is 3.30. The zero-order chi connectivity index (χ0) is 31.8. The van der Waals surface area contributed by atoms with E-state index in [4.69, 9.17) is 0 Å². The molecule has 3 aromatic carbocycles. The van der Waals surface area contributed by atoms with Gasteiger partial charge in [0.25, 0.3) is 0 Å². The minimum atomic E-state index is -5.81. The quantitative estimate of drug-likeness (QED) is 0.128. The van der Waals surface area contributed by atoms with Crippen molar-refractivity contribution in [2.75, 3.05) is 9.86 Å². The van der Waals surface area contributed by atoms with Crippen LogP contribution in [0.4, 0.5) is 26.3 Å². The summed E-state index contributed by atoms with van der Waals surface area (Å²) in [7, 11) is 0. The fourth-order valence-corrected chi connectivity index (χ4v) is 7.72. The number of fused-ring (bicyclic) bond motifs is 2. The van der Waals surface area contributed by atoms with Crippen LogP contribution in [0.1, 0.15) is 36.5 Å². The molecule has 0 unspecified atom stereocenters. The minimum Gasteiger partial charge on any atom is -0.169 e. The van der Waals surface area contributed by atoms with Crippen molar-refractivity contribution < 1.29 is 26.3 Å². The molecule has 6 nitrogen and oxygen atoms in total. The number of hydrogen-bond donors (Lipinski definition) is 0. The Morgan fingerprint density at radius 1 is 0.605 bits per heavy atom. The largest absolute Gasteiger partial charge is 0.411 e. The van der Waals surface area contributed by atoms with Gasteiger partial charge >= 0.3 is 166 Å². The molecule has 0 amide bonds. The molecule has 5 aromatic rings. The van der Waals surface area contributed by atoms with Crippen molar-refractivity contribution in [3.05, 3.63) is 119 Å². The molecule has 0 saturated carbocycles. The van der Waals surface area contributed by atoms with Crippen LogP contribution in [-0.4, -0.2) is 29.6 Å². The van der Waals surface area contributed by atoms with Crippen LogP contribution in [0.5, 0.6) is 0 Å². The number of rotatable bonds is 5. The fourth-order valence-electron chi connectivity index (χ4n) is 5.45. The van der Waals surface area contributed by atoms with Gasteiger partial charge in [-0.15, -0.1) is 0 Å². The minimum absolute atomic E-state index is 0.0447. The Morgan fingerprint density at radius 2 is 0.977 bits per heavy atom. The summed E-state index contributed by atoms with van der Waals surface area (Å²) in [6.07, 6.45) is -11.6. The maximum Gasteiger partial charge on any atom is 0.411 e. The third kappa shape index (κ3) is 4.45. The van der Waals surface area contributed by atoms with Gasteiger partial charge in [-0.05, 0) is 17.0 Å². The number of alkyl halides is 8. The summed E-state index contributed by atoms with van der Waals surface area (Å²) in [5.41, 5.74) is -9.35. The monoisotopic (exact) mass is 716 g/mol. The van der Waals surface area contributed by atoms with E-state index in [1.165, 1.54) is 12.1 Å². The van der Waals surface area contributed by atoms with E-state index in [0.717, 1.165) is 39.2 Å². The Bertz CT molecular complexity index is 1990. The molecule has 226 valence electrons. The van der Waals surface area contributed by atoms with Crippen LogP contribution in [0.25, 0.3) is 27.2 Å². The second kappa shape index (κ2) is 10.2. The number of benzene rings is 3. The van der Waals surface area contributed by atoms with Crippen molar-refractivity contribution in [1.29, 1.82) is 0 Å². The number of nitrogens with zero attached hydrogens (tertiary/aromatic N) is 2. The van der Waals surface area contributed by atoms with E-state index in [-0.39, 0.29) is 33.2 Å². The summed E-state index contributed by atoms with van der Waals surface area (Å²) in [5.74, 6) is -0.132. The van der Waals surface area contributed by atoms with Crippen molar-refractivity contribution in [2.24, 2.45) is 0 Å². The molecular weight excluding hydrogens is 693 g/mol. The van der Waals surface area contributed by atoms with Crippen LogP contribution in [-0.2, 0) is 5.41 Å². The first-order valence-corrected chi connectivity index (χ1v) is 18.0. The van der Waals surface area contributed by atoms with Gasteiger partial charge in [-0.2, -0.15) is 26.3 Å². The molecule has 0 spiro atoms. The van der Waals surface area contributed by atoms with E-state index in [1.807, 2.05) is 0 Å². The Balaban J connectivity index is 1.71. The molecule has 0 bridgehead atoms. The van der Waals surface area contributed by atoms with Crippen molar-refractivity contribution in [1.82, 2.24) is 7.35 Å². The predicted octanol–water partition coefficient (Wildman–Crippen LogP) is 5.96. The van der Waals surface area contributed by atoms with E-state index >= 15 is 0 Å². The molecule has 13 heteroatoms. The first-order valence-electron chi connectivity index (χ1n) is 12.7. The number of hydrogen-bond acceptors (Lipinski definition) is 4. The van der Waals surface area contributed by atoms with Crippen LogP contribution in [0, 0.1) is 0 Å². The zero-order valence-corrected chi connectivity index (χ0v) is 25.2. The third-order valence-corrected chi connectivity index (χ3v) is 10.4. The van der Waals surface area contributed by atoms with Gasteiger partial charge in [-0.25, -0.2) is 0 Å². The molecule has 0 fully saturated rings. The van der Waals surface area contributed by atoms with E-state index in [2.05, 4.69) is 0 Å². The Kier molecular flexibility index (Phi) is 7.26. The van der Waals surface area contributed by atoms with Gasteiger partial charge in [0, 0.05) is 0 Å². The average molecular weight is 716 g/mol. The van der Waals surface area contributed by atoms with Crippen molar-refractivity contribution in [2.45, 2.75) is 37.5 Å². The Hall–Kier alpha value is -3.75. The maximum absolute atomic E-state index is 14.6. The van der Waals surface area contributed by atoms with Crippen LogP contribution in [0.15, 0.2) is 79.8 Å². The molecule has 0 N–H and O–H groups in total. The van der Waals surface area contributed by atoms with E-state index in [1.54, 1.807) is 23.7 Å². The second-order valence-corrected chi connectivity index (χ2v) is 15.6. The van der Waals surface area contributed by atoms with Crippen LogP contribution < -0.4 is 22.2 Å². The molecule has 43 heavy (non-hydrogen) atoms. The molecular formula is C30H23F6IN2O4. The third-order valence-electron chi connectivity index (χ3n) is 7.60. The van der Waals surface area contributed by atoms with Crippen LogP contribution in [0.3, 0.4) is 0 Å². The van der Waals surface area contributed by atoms with E-state index < -0.39 is 71.2 Å². The van der Waals surface area contributed by atoms with Gasteiger partial charge in [0.1, 0.15) is 0 Å². The normalized spacial score (nSPS) is 13.4. The first-order chi connectivity index (χ1) is 19.9. The van der Waals surface area contributed by atoms with Crippen molar-refractivity contribution in [3.8, 4) is 5.69 Å². The number of halogens is 7. The van der Waals surface area contributed by atoms with E-state index in [9.17, 15) is 45.5 Å². The van der Waals surface area contributed by atoms with Gasteiger partial charge in [-0.3, -0.25) is 0 Å². The summed E-state index contributed by atoms with van der Waals surface area (Å²) in [5, 5.41) is -0.490. The van der Waals surface area contributed by atoms with Gasteiger partial charge < -0.3 is 0 Å². The summed E-state index contributed by atoms with van der Waals surface area (Å²) in [4.78, 5) is 55.7. The molecule has 2 aromatic heterocycles. The van der Waals surface area contributed by atoms with Gasteiger partial charge in [0.2, 0.25) is 0 Å². The Labute approximate surface area is 246 Å². The van der Waals surface area contributed by atoms with Crippen LogP contribution >= 0.6 is 20.1 Å². The van der Waals surface area contributed by atoms with Gasteiger partial charge in [0.05, 0.1) is 0 Å². The topological polar surface area (TPSA) is 78.1 Å². The summed E-state index contributed by atoms with van der Waals surface area (Å²) in [6.45, 7) is 3.50. The van der Waals surface area contributed by atoms with Crippen molar-refractivity contribution >= 4 is 41.6 Å². The molecule has 0 radical (unpaired) electrons. The molecule has 0 aliphatic heterocycles. The molecule has 0 aliphatic carbocycles. The van der Waals surface area contributed by atoms with Crippen molar-refractivity contribution in [3.63, 3.8) is 0 Å². The van der Waals surface area contributed by atoms with Gasteiger partial charge in [0.15, 0.2) is 0 Å². The fraction of sp³-hybridized carbons (Fsp3) is 0.267. The van der Waals surface area contributed by atoms with Crippen LogP contribution in [0.2, 0.25) is 0 Å². The standard InChI is InChI=1S/C30H23F6IN2O4/c1-15(2)16-5-7-17(8-6-16)28(29(31,32)33,30(34,35)36)18-9-11-19(12-10-18)38-24(40)20-13-22-23(14-21(20)25(38)41)27(43)39(26(22)42)37(3)4/h5-15H,1-4H3.